The summed E-state index contributed by atoms with van der Waals surface area (Å²) >= 11 is 0. The number of benzene rings is 2. The summed E-state index contributed by atoms with van der Waals surface area (Å²) in [6.07, 6.45) is -1.37. The number of amides is 1. The van der Waals surface area contributed by atoms with Crippen LogP contribution in [0.15, 0.2) is 24.3 Å². The Kier molecular flexibility index (Phi) is 5.81. The van der Waals surface area contributed by atoms with Crippen LogP contribution in [0.25, 0.3) is 0 Å². The summed E-state index contributed by atoms with van der Waals surface area (Å²) in [6.45, 7) is 1.85. The van der Waals surface area contributed by atoms with E-state index in [1.54, 1.807) is 0 Å². The molecule has 0 aromatic heterocycles. The first-order valence-electron chi connectivity index (χ1n) is 8.44. The van der Waals surface area contributed by atoms with Gasteiger partial charge in [0.2, 0.25) is 5.75 Å². The molecule has 0 unspecified atom stereocenters. The molecule has 3 rings (SSSR count). The number of rotatable bonds is 5. The maximum atomic E-state index is 13.7. The average Bonchev–Trinajstić information content (AvgIpc) is 2.73. The molecule has 0 bridgehead atoms. The molecule has 1 heterocycles. The van der Waals surface area contributed by atoms with E-state index < -0.39 is 41.1 Å². The number of nitrogens with one attached hydrogen (secondary N) is 1. The topological polar surface area (TPSA) is 83.1 Å². The van der Waals surface area contributed by atoms with Crippen molar-refractivity contribution in [2.24, 2.45) is 0 Å². The van der Waals surface area contributed by atoms with Gasteiger partial charge in [0.25, 0.3) is 5.91 Å². The molecule has 0 saturated heterocycles. The monoisotopic (exact) mass is 411 g/mol. The van der Waals surface area contributed by atoms with Crippen molar-refractivity contribution >= 4 is 17.6 Å². The van der Waals surface area contributed by atoms with Crippen LogP contribution in [0.2, 0.25) is 0 Å². The smallest absolute Gasteiger partial charge is 0.339 e. The van der Waals surface area contributed by atoms with Crippen molar-refractivity contribution in [3.05, 3.63) is 47.3 Å². The molecule has 0 radical (unpaired) electrons. The van der Waals surface area contributed by atoms with Crippen LogP contribution in [0.5, 0.6) is 17.2 Å². The SMILES string of the molecule is COc1cc(C(=O)O[C@H](C)C(=O)Nc2ccc(F)c(F)c2F)cc2c1OCCO2. The van der Waals surface area contributed by atoms with E-state index in [9.17, 15) is 22.8 Å². The second kappa shape index (κ2) is 8.29. The van der Waals surface area contributed by atoms with E-state index in [0.29, 0.717) is 18.4 Å². The molecule has 1 aliphatic rings. The maximum Gasteiger partial charge on any atom is 0.339 e. The number of methoxy groups -OCH3 is 1. The van der Waals surface area contributed by atoms with Crippen LogP contribution < -0.4 is 19.5 Å². The second-order valence-corrected chi connectivity index (χ2v) is 5.96. The molecule has 0 spiro atoms. The summed E-state index contributed by atoms with van der Waals surface area (Å²) in [5.41, 5.74) is -0.553. The van der Waals surface area contributed by atoms with Crippen LogP contribution in [-0.2, 0) is 9.53 Å². The Morgan fingerprint density at radius 1 is 1.10 bits per heavy atom. The van der Waals surface area contributed by atoms with Crippen LogP contribution in [-0.4, -0.2) is 38.3 Å². The molecule has 1 atom stereocenters. The van der Waals surface area contributed by atoms with Gasteiger partial charge in [-0.25, -0.2) is 18.0 Å². The molecule has 2 aromatic rings. The van der Waals surface area contributed by atoms with E-state index in [1.807, 2.05) is 5.32 Å². The number of hydrogen-bond acceptors (Lipinski definition) is 6. The van der Waals surface area contributed by atoms with E-state index in [0.717, 1.165) is 6.07 Å². The Labute approximate surface area is 163 Å². The first kappa shape index (κ1) is 20.3. The predicted octanol–water partition coefficient (Wildman–Crippen LogP) is 3.07. The van der Waals surface area contributed by atoms with Gasteiger partial charge in [0.15, 0.2) is 35.1 Å². The molecule has 0 saturated carbocycles. The molecular weight excluding hydrogens is 395 g/mol. The number of anilines is 1. The molecule has 1 N–H and O–H groups in total. The highest BCUT2D eigenvalue weighted by molar-refractivity contribution is 5.97. The highest BCUT2D eigenvalue weighted by atomic mass is 19.2. The molecule has 154 valence electrons. The lowest BCUT2D eigenvalue weighted by Crippen LogP contribution is -2.30. The molecule has 7 nitrogen and oxygen atoms in total. The summed E-state index contributed by atoms with van der Waals surface area (Å²) in [5.74, 6) is -5.63. The minimum Gasteiger partial charge on any atom is -0.493 e. The Bertz CT molecular complexity index is 948. The van der Waals surface area contributed by atoms with Gasteiger partial charge in [0.1, 0.15) is 13.2 Å². The van der Waals surface area contributed by atoms with Crippen LogP contribution in [0.3, 0.4) is 0 Å². The summed E-state index contributed by atoms with van der Waals surface area (Å²) in [7, 11) is 1.38. The number of hydrogen-bond donors (Lipinski definition) is 1. The number of carbonyl (C=O) groups is 2. The van der Waals surface area contributed by atoms with E-state index >= 15 is 0 Å². The van der Waals surface area contributed by atoms with Gasteiger partial charge < -0.3 is 24.3 Å². The van der Waals surface area contributed by atoms with Crippen molar-refractivity contribution in [3.63, 3.8) is 0 Å². The largest absolute Gasteiger partial charge is 0.493 e. The van der Waals surface area contributed by atoms with Gasteiger partial charge in [0.05, 0.1) is 18.4 Å². The quantitative estimate of drug-likeness (QED) is 0.602. The summed E-state index contributed by atoms with van der Waals surface area (Å²) in [6, 6.07) is 4.24. The fourth-order valence-electron chi connectivity index (χ4n) is 2.53. The highest BCUT2D eigenvalue weighted by Crippen LogP contribution is 2.40. The molecule has 0 fully saturated rings. The minimum absolute atomic E-state index is 0.0322. The lowest BCUT2D eigenvalue weighted by molar-refractivity contribution is -0.123. The van der Waals surface area contributed by atoms with Crippen molar-refractivity contribution in [1.82, 2.24) is 0 Å². The van der Waals surface area contributed by atoms with Gasteiger partial charge in [-0.2, -0.15) is 0 Å². The van der Waals surface area contributed by atoms with Gasteiger partial charge in [0, 0.05) is 0 Å². The molecule has 1 amide bonds. The van der Waals surface area contributed by atoms with Gasteiger partial charge in [-0.3, -0.25) is 4.79 Å². The summed E-state index contributed by atoms with van der Waals surface area (Å²) in [5, 5.41) is 2.04. The Balaban J connectivity index is 1.72. The van der Waals surface area contributed by atoms with Crippen LogP contribution in [0.4, 0.5) is 18.9 Å². The Morgan fingerprint density at radius 2 is 1.83 bits per heavy atom. The van der Waals surface area contributed by atoms with Crippen LogP contribution >= 0.6 is 0 Å². The Morgan fingerprint density at radius 3 is 2.55 bits per heavy atom. The number of halogens is 3. The van der Waals surface area contributed by atoms with E-state index in [-0.39, 0.29) is 23.7 Å². The van der Waals surface area contributed by atoms with Crippen molar-refractivity contribution in [2.75, 3.05) is 25.6 Å². The van der Waals surface area contributed by atoms with Gasteiger partial charge in [-0.05, 0) is 31.2 Å². The first-order chi connectivity index (χ1) is 13.8. The second-order valence-electron chi connectivity index (χ2n) is 5.96. The molecule has 10 heteroatoms. The predicted molar refractivity (Wildman–Crippen MR) is 93.8 cm³/mol. The van der Waals surface area contributed by atoms with E-state index in [1.165, 1.54) is 26.2 Å². The van der Waals surface area contributed by atoms with Crippen LogP contribution in [0, 0.1) is 17.5 Å². The molecule has 1 aliphatic heterocycles. The zero-order valence-electron chi connectivity index (χ0n) is 15.4. The number of esters is 1. The average molecular weight is 411 g/mol. The molecular formula is C19H16F3NO6. The zero-order valence-corrected chi connectivity index (χ0v) is 15.4. The zero-order chi connectivity index (χ0) is 21.1. The van der Waals surface area contributed by atoms with Crippen molar-refractivity contribution < 1.29 is 41.7 Å². The minimum atomic E-state index is -1.73. The van der Waals surface area contributed by atoms with Crippen molar-refractivity contribution in [3.8, 4) is 17.2 Å². The third kappa shape index (κ3) is 4.20. The fraction of sp³-hybridized carbons (Fsp3) is 0.263. The maximum absolute atomic E-state index is 13.7. The molecule has 0 aliphatic carbocycles. The normalized spacial score (nSPS) is 13.4. The summed E-state index contributed by atoms with van der Waals surface area (Å²) in [4.78, 5) is 24.5. The van der Waals surface area contributed by atoms with Crippen molar-refractivity contribution in [1.29, 1.82) is 0 Å². The molecule has 29 heavy (non-hydrogen) atoms. The van der Waals surface area contributed by atoms with Crippen LogP contribution in [0.1, 0.15) is 17.3 Å². The highest BCUT2D eigenvalue weighted by Gasteiger charge is 2.25. The van der Waals surface area contributed by atoms with Crippen molar-refractivity contribution in [2.45, 2.75) is 13.0 Å². The van der Waals surface area contributed by atoms with Gasteiger partial charge in [-0.1, -0.05) is 0 Å². The number of ether oxygens (including phenoxy) is 4. The summed E-state index contributed by atoms with van der Waals surface area (Å²) < 4.78 is 61.0. The number of carbonyl (C=O) groups excluding carboxylic acids is 2. The lowest BCUT2D eigenvalue weighted by Gasteiger charge is -2.21. The standard InChI is InChI=1S/C19H16F3NO6/c1-9(18(24)23-12-4-3-11(20)15(21)16(12)22)29-19(25)10-7-13(26-2)17-14(8-10)27-5-6-28-17/h3-4,7-9H,5-6H2,1-2H3,(H,23,24)/t9-/m1/s1. The third-order valence-corrected chi connectivity index (χ3v) is 4.01. The van der Waals surface area contributed by atoms with E-state index in [2.05, 4.69) is 0 Å². The lowest BCUT2D eigenvalue weighted by atomic mass is 10.1. The van der Waals surface area contributed by atoms with E-state index in [4.69, 9.17) is 18.9 Å². The number of fused-ring (bicyclic) bond motifs is 1. The molecule has 2 aromatic carbocycles. The third-order valence-electron chi connectivity index (χ3n) is 4.01. The van der Waals surface area contributed by atoms with Gasteiger partial charge in [-0.15, -0.1) is 0 Å². The fourth-order valence-corrected chi connectivity index (χ4v) is 2.53. The van der Waals surface area contributed by atoms with Gasteiger partial charge >= 0.3 is 5.97 Å². The first-order valence-corrected chi connectivity index (χ1v) is 8.44. The Hall–Kier alpha value is -3.43.